The maximum absolute atomic E-state index is 12.9. The molecule has 0 amide bonds. The summed E-state index contributed by atoms with van der Waals surface area (Å²) in [5, 5.41) is 0. The average molecular weight is 400 g/mol. The SMILES string of the molecule is CCOC(=O)C1C(c2ccc3c(c2)OCO3)OC(=O)C1(C)Sc1ccccc1. The molecule has 3 atom stereocenters. The van der Waals surface area contributed by atoms with Gasteiger partial charge in [-0.2, -0.15) is 0 Å². The molecule has 4 rings (SSSR count). The second-order valence-corrected chi connectivity index (χ2v) is 8.21. The lowest BCUT2D eigenvalue weighted by molar-refractivity contribution is -0.150. The predicted molar refractivity (Wildman–Crippen MR) is 102 cm³/mol. The molecule has 0 N–H and O–H groups in total. The predicted octanol–water partition coefficient (Wildman–Crippen LogP) is 3.74. The second-order valence-electron chi connectivity index (χ2n) is 6.69. The molecule has 0 spiro atoms. The highest BCUT2D eigenvalue weighted by Crippen LogP contribution is 2.52. The Morgan fingerprint density at radius 3 is 2.68 bits per heavy atom. The van der Waals surface area contributed by atoms with Crippen molar-refractivity contribution in [3.63, 3.8) is 0 Å². The Morgan fingerprint density at radius 2 is 1.93 bits per heavy atom. The summed E-state index contributed by atoms with van der Waals surface area (Å²) in [5.74, 6) is -0.503. The van der Waals surface area contributed by atoms with Crippen molar-refractivity contribution in [3.05, 3.63) is 54.1 Å². The van der Waals surface area contributed by atoms with Gasteiger partial charge in [-0.25, -0.2) is 0 Å². The van der Waals surface area contributed by atoms with Gasteiger partial charge in [-0.1, -0.05) is 24.3 Å². The van der Waals surface area contributed by atoms with Gasteiger partial charge in [0, 0.05) is 4.90 Å². The van der Waals surface area contributed by atoms with Crippen LogP contribution in [0.25, 0.3) is 0 Å². The van der Waals surface area contributed by atoms with E-state index in [2.05, 4.69) is 0 Å². The number of benzene rings is 2. The molecule has 0 aliphatic carbocycles. The van der Waals surface area contributed by atoms with Crippen molar-refractivity contribution in [3.8, 4) is 11.5 Å². The minimum absolute atomic E-state index is 0.145. The first-order chi connectivity index (χ1) is 13.5. The summed E-state index contributed by atoms with van der Waals surface area (Å²) in [7, 11) is 0. The number of cyclic esters (lactones) is 1. The minimum atomic E-state index is -1.12. The summed E-state index contributed by atoms with van der Waals surface area (Å²) in [6, 6.07) is 14.8. The largest absolute Gasteiger partial charge is 0.466 e. The average Bonchev–Trinajstić information content (AvgIpc) is 3.25. The molecule has 146 valence electrons. The molecule has 0 radical (unpaired) electrons. The molecule has 2 aromatic rings. The molecule has 7 heteroatoms. The van der Waals surface area contributed by atoms with E-state index in [9.17, 15) is 9.59 Å². The van der Waals surface area contributed by atoms with Crippen molar-refractivity contribution in [2.75, 3.05) is 13.4 Å². The van der Waals surface area contributed by atoms with Crippen LogP contribution in [0.3, 0.4) is 0 Å². The number of esters is 2. The Labute approximate surface area is 167 Å². The van der Waals surface area contributed by atoms with Gasteiger partial charge in [-0.15, -0.1) is 11.8 Å². The molecule has 1 fully saturated rings. The van der Waals surface area contributed by atoms with Crippen LogP contribution >= 0.6 is 11.8 Å². The molecule has 3 unspecified atom stereocenters. The zero-order chi connectivity index (χ0) is 19.7. The van der Waals surface area contributed by atoms with Crippen molar-refractivity contribution in [1.82, 2.24) is 0 Å². The molecule has 0 bridgehead atoms. The quantitative estimate of drug-likeness (QED) is 0.708. The first kappa shape index (κ1) is 18.7. The summed E-state index contributed by atoms with van der Waals surface area (Å²) in [5.41, 5.74) is 0.674. The number of thioether (sulfide) groups is 1. The Kier molecular flexibility index (Phi) is 4.93. The number of carbonyl (C=O) groups excluding carboxylic acids is 2. The summed E-state index contributed by atoms with van der Waals surface area (Å²) in [6.07, 6.45) is -0.762. The summed E-state index contributed by atoms with van der Waals surface area (Å²) in [4.78, 5) is 26.7. The Bertz CT molecular complexity index is 899. The number of hydrogen-bond donors (Lipinski definition) is 0. The number of carbonyl (C=O) groups is 2. The van der Waals surface area contributed by atoms with E-state index in [1.54, 1.807) is 32.0 Å². The van der Waals surface area contributed by atoms with Crippen LogP contribution in [0.4, 0.5) is 0 Å². The molecule has 2 aromatic carbocycles. The van der Waals surface area contributed by atoms with Crippen molar-refractivity contribution >= 4 is 23.7 Å². The Balaban J connectivity index is 1.72. The third kappa shape index (κ3) is 3.20. The van der Waals surface area contributed by atoms with E-state index in [1.165, 1.54) is 11.8 Å². The first-order valence-electron chi connectivity index (χ1n) is 9.04. The van der Waals surface area contributed by atoms with E-state index in [0.29, 0.717) is 17.1 Å². The lowest BCUT2D eigenvalue weighted by Crippen LogP contribution is -2.40. The van der Waals surface area contributed by atoms with E-state index in [0.717, 1.165) is 4.90 Å². The minimum Gasteiger partial charge on any atom is -0.466 e. The van der Waals surface area contributed by atoms with Gasteiger partial charge >= 0.3 is 11.9 Å². The summed E-state index contributed by atoms with van der Waals surface area (Å²) >= 11 is 1.32. The van der Waals surface area contributed by atoms with Crippen molar-refractivity contribution < 1.29 is 28.5 Å². The zero-order valence-electron chi connectivity index (χ0n) is 15.5. The normalized spacial score (nSPS) is 25.4. The number of hydrogen-bond acceptors (Lipinski definition) is 7. The summed E-state index contributed by atoms with van der Waals surface area (Å²) in [6.45, 7) is 3.85. The molecule has 0 aromatic heterocycles. The monoisotopic (exact) mass is 400 g/mol. The third-order valence-corrected chi connectivity index (χ3v) is 6.23. The van der Waals surface area contributed by atoms with Gasteiger partial charge in [0.05, 0.1) is 6.61 Å². The van der Waals surface area contributed by atoms with Gasteiger partial charge in [0.1, 0.15) is 16.8 Å². The lowest BCUT2D eigenvalue weighted by Gasteiger charge is -2.27. The van der Waals surface area contributed by atoms with Gasteiger partial charge in [0.15, 0.2) is 11.5 Å². The number of fused-ring (bicyclic) bond motifs is 1. The van der Waals surface area contributed by atoms with Crippen molar-refractivity contribution in [1.29, 1.82) is 0 Å². The molecule has 2 aliphatic heterocycles. The maximum Gasteiger partial charge on any atom is 0.323 e. The maximum atomic E-state index is 12.9. The van der Waals surface area contributed by atoms with Crippen LogP contribution in [-0.2, 0) is 19.1 Å². The Morgan fingerprint density at radius 1 is 1.18 bits per heavy atom. The zero-order valence-corrected chi connectivity index (χ0v) is 16.4. The first-order valence-corrected chi connectivity index (χ1v) is 9.86. The van der Waals surface area contributed by atoms with Crippen LogP contribution in [0.15, 0.2) is 53.4 Å². The van der Waals surface area contributed by atoms with Gasteiger partial charge in [0.25, 0.3) is 0 Å². The molecule has 2 heterocycles. The molecule has 0 saturated carbocycles. The van der Waals surface area contributed by atoms with Crippen molar-refractivity contribution in [2.45, 2.75) is 29.6 Å². The van der Waals surface area contributed by atoms with Gasteiger partial charge < -0.3 is 18.9 Å². The summed E-state index contributed by atoms with van der Waals surface area (Å²) < 4.78 is 20.7. The highest BCUT2D eigenvalue weighted by molar-refractivity contribution is 8.01. The van der Waals surface area contributed by atoms with E-state index >= 15 is 0 Å². The fourth-order valence-electron chi connectivity index (χ4n) is 3.49. The smallest absolute Gasteiger partial charge is 0.323 e. The van der Waals surface area contributed by atoms with E-state index in [-0.39, 0.29) is 13.4 Å². The molecule has 1 saturated heterocycles. The Hall–Kier alpha value is -2.67. The standard InChI is InChI=1S/C21H20O6S/c1-3-24-19(22)17-18(13-9-10-15-16(11-13)26-12-25-15)27-20(23)21(17,2)28-14-7-5-4-6-8-14/h4-11,17-18H,3,12H2,1-2H3. The molecule has 2 aliphatic rings. The van der Waals surface area contributed by atoms with Crippen LogP contribution in [0.1, 0.15) is 25.5 Å². The molecule has 28 heavy (non-hydrogen) atoms. The number of ether oxygens (including phenoxy) is 4. The van der Waals surface area contributed by atoms with Crippen LogP contribution in [0.5, 0.6) is 11.5 Å². The molecular weight excluding hydrogens is 380 g/mol. The van der Waals surface area contributed by atoms with Crippen molar-refractivity contribution in [2.24, 2.45) is 5.92 Å². The topological polar surface area (TPSA) is 71.1 Å². The van der Waals surface area contributed by atoms with Crippen LogP contribution in [0.2, 0.25) is 0 Å². The fraction of sp³-hybridized carbons (Fsp3) is 0.333. The van der Waals surface area contributed by atoms with E-state index < -0.39 is 28.7 Å². The third-order valence-electron chi connectivity index (χ3n) is 4.87. The van der Waals surface area contributed by atoms with Gasteiger partial charge in [0.2, 0.25) is 6.79 Å². The van der Waals surface area contributed by atoms with Crippen LogP contribution < -0.4 is 9.47 Å². The van der Waals surface area contributed by atoms with Gasteiger partial charge in [-0.05, 0) is 43.7 Å². The fourth-order valence-corrected chi connectivity index (χ4v) is 4.75. The highest BCUT2D eigenvalue weighted by Gasteiger charge is 2.59. The molecular formula is C21H20O6S. The lowest BCUT2D eigenvalue weighted by atomic mass is 9.87. The van der Waals surface area contributed by atoms with E-state index in [1.807, 2.05) is 30.3 Å². The van der Waals surface area contributed by atoms with Crippen LogP contribution in [0, 0.1) is 5.92 Å². The van der Waals surface area contributed by atoms with Crippen LogP contribution in [-0.4, -0.2) is 30.1 Å². The van der Waals surface area contributed by atoms with E-state index in [4.69, 9.17) is 18.9 Å². The number of rotatable bonds is 5. The highest BCUT2D eigenvalue weighted by atomic mass is 32.2. The second kappa shape index (κ2) is 7.39. The molecule has 6 nitrogen and oxygen atoms in total. The van der Waals surface area contributed by atoms with Gasteiger partial charge in [-0.3, -0.25) is 9.59 Å².